The number of alkyl halides is 6. The predicted octanol–water partition coefficient (Wildman–Crippen LogP) is 6.52. The maximum atomic E-state index is 13.7. The first kappa shape index (κ1) is 22.8. The number of hydrogen-bond donors (Lipinski definition) is 1. The fourth-order valence-electron chi connectivity index (χ4n) is 4.09. The number of aryl methyl sites for hydroxylation is 1. The summed E-state index contributed by atoms with van der Waals surface area (Å²) in [5.41, 5.74) is -0.697. The highest BCUT2D eigenvalue weighted by Gasteiger charge is 2.41. The summed E-state index contributed by atoms with van der Waals surface area (Å²) in [6.45, 7) is 0. The van der Waals surface area contributed by atoms with Crippen molar-refractivity contribution in [3.8, 4) is 16.9 Å². The number of aromatic nitrogens is 2. The number of nitrogens with zero attached hydrogens (tertiary/aromatic N) is 2. The van der Waals surface area contributed by atoms with E-state index in [1.165, 1.54) is 47.3 Å². The maximum absolute atomic E-state index is 13.7. The van der Waals surface area contributed by atoms with E-state index in [4.69, 9.17) is 4.42 Å². The van der Waals surface area contributed by atoms with Crippen molar-refractivity contribution < 1.29 is 35.6 Å². The molecule has 180 valence electrons. The number of carbonyl (C=O) groups excluding carboxylic acids is 1. The van der Waals surface area contributed by atoms with Crippen LogP contribution in [0.15, 0.2) is 65.3 Å². The van der Waals surface area contributed by atoms with Gasteiger partial charge in [-0.15, -0.1) is 0 Å². The molecule has 5 rings (SSSR count). The van der Waals surface area contributed by atoms with E-state index in [2.05, 4.69) is 10.4 Å². The van der Waals surface area contributed by atoms with Gasteiger partial charge in [0.05, 0.1) is 23.2 Å². The Morgan fingerprint density at radius 1 is 0.943 bits per heavy atom. The van der Waals surface area contributed by atoms with Gasteiger partial charge in [0.25, 0.3) is 5.91 Å². The minimum Gasteiger partial charge on any atom is -0.469 e. The Bertz CT molecular complexity index is 1410. The van der Waals surface area contributed by atoms with Gasteiger partial charge in [-0.25, -0.2) is 4.68 Å². The van der Waals surface area contributed by atoms with Crippen LogP contribution in [0.1, 0.15) is 32.9 Å². The highest BCUT2D eigenvalue weighted by Crippen LogP contribution is 2.42. The van der Waals surface area contributed by atoms with Gasteiger partial charge < -0.3 is 9.73 Å². The second kappa shape index (κ2) is 8.03. The van der Waals surface area contributed by atoms with Crippen LogP contribution in [-0.4, -0.2) is 15.7 Å². The second-order valence-electron chi connectivity index (χ2n) is 7.92. The molecule has 2 heterocycles. The van der Waals surface area contributed by atoms with Crippen molar-refractivity contribution in [3.63, 3.8) is 0 Å². The molecular weight excluding hydrogens is 476 g/mol. The Labute approximate surface area is 194 Å². The summed E-state index contributed by atoms with van der Waals surface area (Å²) in [4.78, 5) is 12.5. The van der Waals surface area contributed by atoms with Gasteiger partial charge in [0.1, 0.15) is 5.76 Å². The zero-order chi connectivity index (χ0) is 25.0. The molecule has 1 amide bonds. The topological polar surface area (TPSA) is 60.1 Å². The summed E-state index contributed by atoms with van der Waals surface area (Å²) in [5, 5.41) is 6.22. The number of fused-ring (bicyclic) bond motifs is 3. The van der Waals surface area contributed by atoms with Crippen molar-refractivity contribution in [2.24, 2.45) is 0 Å². The number of halogens is 6. The van der Waals surface area contributed by atoms with Crippen LogP contribution in [0.3, 0.4) is 0 Å². The van der Waals surface area contributed by atoms with E-state index in [1.54, 1.807) is 6.07 Å². The van der Waals surface area contributed by atoms with E-state index in [1.807, 2.05) is 0 Å². The molecule has 1 N–H and O–H groups in total. The molecule has 0 aliphatic heterocycles. The van der Waals surface area contributed by atoms with Gasteiger partial charge in [-0.05, 0) is 55.0 Å². The van der Waals surface area contributed by atoms with Crippen LogP contribution in [0.2, 0.25) is 0 Å². The van der Waals surface area contributed by atoms with Crippen molar-refractivity contribution in [1.82, 2.24) is 9.78 Å². The van der Waals surface area contributed by atoms with Crippen LogP contribution in [-0.2, 0) is 25.2 Å². The van der Waals surface area contributed by atoms with Crippen molar-refractivity contribution in [2.75, 3.05) is 5.32 Å². The Balaban J connectivity index is 1.46. The van der Waals surface area contributed by atoms with Gasteiger partial charge >= 0.3 is 12.4 Å². The number of furan rings is 1. The van der Waals surface area contributed by atoms with Crippen molar-refractivity contribution in [1.29, 1.82) is 0 Å². The molecule has 0 bridgehead atoms. The Morgan fingerprint density at radius 2 is 1.69 bits per heavy atom. The van der Waals surface area contributed by atoms with Gasteiger partial charge in [0, 0.05) is 28.8 Å². The van der Waals surface area contributed by atoms with Crippen molar-refractivity contribution >= 4 is 11.6 Å². The van der Waals surface area contributed by atoms with E-state index >= 15 is 0 Å². The minimum atomic E-state index is -4.65. The zero-order valence-corrected chi connectivity index (χ0v) is 17.7. The SMILES string of the molecule is O=C(Nc1cccc(C(F)(F)F)c1)c1ccc(-n2nc(C(F)(F)F)c3c2-c2ccoc2CC3)cc1. The van der Waals surface area contributed by atoms with E-state index in [0.717, 1.165) is 12.1 Å². The van der Waals surface area contributed by atoms with Crippen molar-refractivity contribution in [3.05, 3.63) is 89.0 Å². The van der Waals surface area contributed by atoms with Gasteiger partial charge in [-0.1, -0.05) is 6.07 Å². The van der Waals surface area contributed by atoms with Crippen LogP contribution in [0.25, 0.3) is 16.9 Å². The number of nitrogens with one attached hydrogen (secondary N) is 1. The lowest BCUT2D eigenvalue weighted by Crippen LogP contribution is -2.13. The van der Waals surface area contributed by atoms with Gasteiger partial charge in [0.2, 0.25) is 0 Å². The fraction of sp³-hybridized carbons (Fsp3) is 0.167. The van der Waals surface area contributed by atoms with Crippen LogP contribution < -0.4 is 5.32 Å². The third kappa shape index (κ3) is 4.17. The van der Waals surface area contributed by atoms with Crippen molar-refractivity contribution in [2.45, 2.75) is 25.2 Å². The van der Waals surface area contributed by atoms with Crippen LogP contribution in [0, 0.1) is 0 Å². The zero-order valence-electron chi connectivity index (χ0n) is 17.7. The summed E-state index contributed by atoms with van der Waals surface area (Å²) >= 11 is 0. The number of benzene rings is 2. The predicted molar refractivity (Wildman–Crippen MR) is 113 cm³/mol. The second-order valence-corrected chi connectivity index (χ2v) is 7.92. The Kier molecular flexibility index (Phi) is 5.22. The first-order chi connectivity index (χ1) is 16.5. The van der Waals surface area contributed by atoms with E-state index in [0.29, 0.717) is 17.7 Å². The summed E-state index contributed by atoms with van der Waals surface area (Å²) < 4.78 is 86.3. The van der Waals surface area contributed by atoms with E-state index in [9.17, 15) is 31.1 Å². The Morgan fingerprint density at radius 3 is 2.37 bits per heavy atom. The lowest BCUT2D eigenvalue weighted by molar-refractivity contribution is -0.142. The Hall–Kier alpha value is -4.02. The quantitative estimate of drug-likeness (QED) is 0.332. The molecule has 11 heteroatoms. The molecule has 0 spiro atoms. The average Bonchev–Trinajstić information content (AvgIpc) is 3.43. The molecule has 1 aliphatic carbocycles. The third-order valence-corrected chi connectivity index (χ3v) is 5.68. The highest BCUT2D eigenvalue weighted by atomic mass is 19.4. The number of rotatable bonds is 3. The third-order valence-electron chi connectivity index (χ3n) is 5.68. The molecule has 0 unspecified atom stereocenters. The van der Waals surface area contributed by atoms with Gasteiger partial charge in [-0.2, -0.15) is 31.4 Å². The number of hydrogen-bond acceptors (Lipinski definition) is 3. The molecule has 5 nitrogen and oxygen atoms in total. The first-order valence-electron chi connectivity index (χ1n) is 10.4. The van der Waals surface area contributed by atoms with E-state index < -0.39 is 29.5 Å². The molecule has 0 radical (unpaired) electrons. The molecule has 0 saturated carbocycles. The molecule has 1 aliphatic rings. The number of carbonyl (C=O) groups is 1. The van der Waals surface area contributed by atoms with E-state index in [-0.39, 0.29) is 34.6 Å². The number of anilines is 1. The molecule has 0 atom stereocenters. The maximum Gasteiger partial charge on any atom is 0.435 e. The molecule has 0 fully saturated rings. The lowest BCUT2D eigenvalue weighted by atomic mass is 9.94. The summed E-state index contributed by atoms with van der Waals surface area (Å²) in [5.74, 6) is -0.115. The van der Waals surface area contributed by atoms with Gasteiger partial charge in [-0.3, -0.25) is 4.79 Å². The number of amides is 1. The van der Waals surface area contributed by atoms with Crippen LogP contribution >= 0.6 is 0 Å². The van der Waals surface area contributed by atoms with Crippen LogP contribution in [0.5, 0.6) is 0 Å². The molecule has 35 heavy (non-hydrogen) atoms. The molecular formula is C24H15F6N3O2. The van der Waals surface area contributed by atoms with Gasteiger partial charge in [0.15, 0.2) is 5.69 Å². The molecule has 2 aromatic carbocycles. The molecule has 4 aromatic rings. The van der Waals surface area contributed by atoms with Crippen LogP contribution in [0.4, 0.5) is 32.0 Å². The standard InChI is InChI=1S/C24H15F6N3O2/c25-23(26,27)14-2-1-3-15(12-14)31-22(34)13-4-6-16(7-5-13)33-20-17-10-11-35-19(17)9-8-18(20)21(32-33)24(28,29)30/h1-7,10-12H,8-9H2,(H,31,34). The first-order valence-corrected chi connectivity index (χ1v) is 10.4. The largest absolute Gasteiger partial charge is 0.469 e. The summed E-state index contributed by atoms with van der Waals surface area (Å²) in [7, 11) is 0. The summed E-state index contributed by atoms with van der Waals surface area (Å²) in [6, 6.07) is 11.3. The normalized spacial score (nSPS) is 13.3. The monoisotopic (exact) mass is 491 g/mol. The smallest absolute Gasteiger partial charge is 0.435 e. The molecule has 2 aromatic heterocycles. The fourth-order valence-corrected chi connectivity index (χ4v) is 4.09. The average molecular weight is 491 g/mol. The summed E-state index contributed by atoms with van der Waals surface area (Å²) in [6.07, 6.45) is -7.37. The minimum absolute atomic E-state index is 0.0441. The molecule has 0 saturated heterocycles. The lowest BCUT2D eigenvalue weighted by Gasteiger charge is -2.15. The highest BCUT2D eigenvalue weighted by molar-refractivity contribution is 6.04.